The summed E-state index contributed by atoms with van der Waals surface area (Å²) in [6, 6.07) is 14.9. The Kier molecular flexibility index (Phi) is 8.16. The van der Waals surface area contributed by atoms with Crippen LogP contribution in [-0.2, 0) is 0 Å². The van der Waals surface area contributed by atoms with Crippen LogP contribution < -0.4 is 20.3 Å². The molecule has 0 aliphatic rings. The summed E-state index contributed by atoms with van der Waals surface area (Å²) in [5.41, 5.74) is 5.18. The molecular weight excluding hydrogens is 531 g/mol. The Balaban J connectivity index is 1.52. The number of hydrogen-bond donors (Lipinski definition) is 2. The maximum atomic E-state index is 12.8. The molecule has 0 aliphatic carbocycles. The molecule has 8 nitrogen and oxygen atoms in total. The number of benzene rings is 3. The number of aromatic nitrogens is 3. The van der Waals surface area contributed by atoms with Crippen molar-refractivity contribution in [1.29, 1.82) is 0 Å². The quantitative estimate of drug-likeness (QED) is 0.269. The van der Waals surface area contributed by atoms with Crippen molar-refractivity contribution >= 4 is 68.8 Å². The lowest BCUT2D eigenvalue weighted by Gasteiger charge is -2.20. The van der Waals surface area contributed by atoms with Crippen molar-refractivity contribution < 1.29 is 9.53 Å². The Bertz CT molecular complexity index is 1470. The van der Waals surface area contributed by atoms with Crippen molar-refractivity contribution in [1.82, 2.24) is 20.3 Å². The zero-order valence-corrected chi connectivity index (χ0v) is 23.1. The number of halogens is 2. The van der Waals surface area contributed by atoms with Gasteiger partial charge in [-0.2, -0.15) is 4.80 Å². The number of ether oxygens (including phenoxy) is 1. The van der Waals surface area contributed by atoms with E-state index in [-0.39, 0.29) is 21.4 Å². The molecule has 2 N–H and O–H groups in total. The second-order valence-electron chi connectivity index (χ2n) is 8.21. The van der Waals surface area contributed by atoms with E-state index in [0.717, 1.165) is 35.5 Å². The van der Waals surface area contributed by atoms with E-state index in [9.17, 15) is 4.79 Å². The molecule has 0 saturated carbocycles. The molecule has 0 fully saturated rings. The second-order valence-corrected chi connectivity index (χ2v) is 9.46. The standard InChI is InChI=1S/C26H26Cl2N6O2S/c1-5-33(6-2)17-7-9-18(10-8-17)34-31-22-11-15(3)21(14-23(22)32-34)29-26(37)30-25(35)19-12-16(27)13-20(28)24(19)36-4/h7-14H,5-6H2,1-4H3,(H2,29,30,35,37). The number of carbonyl (C=O) groups excluding carboxylic acids is 1. The van der Waals surface area contributed by atoms with Gasteiger partial charge in [-0.3, -0.25) is 10.1 Å². The molecule has 0 saturated heterocycles. The van der Waals surface area contributed by atoms with Gasteiger partial charge in [-0.15, -0.1) is 10.2 Å². The fraction of sp³-hybridized carbons (Fsp3) is 0.231. The normalized spacial score (nSPS) is 10.9. The summed E-state index contributed by atoms with van der Waals surface area (Å²) in [5, 5.41) is 15.6. The first-order chi connectivity index (χ1) is 17.7. The van der Waals surface area contributed by atoms with Gasteiger partial charge < -0.3 is 15.0 Å². The van der Waals surface area contributed by atoms with Crippen molar-refractivity contribution in [3.63, 3.8) is 0 Å². The summed E-state index contributed by atoms with van der Waals surface area (Å²) in [7, 11) is 1.42. The van der Waals surface area contributed by atoms with Crippen LogP contribution in [0.25, 0.3) is 16.7 Å². The third kappa shape index (κ3) is 5.79. The van der Waals surface area contributed by atoms with E-state index in [4.69, 9.17) is 40.2 Å². The minimum Gasteiger partial charge on any atom is -0.494 e. The number of aryl methyl sites for hydroxylation is 1. The van der Waals surface area contributed by atoms with Crippen molar-refractivity contribution in [3.05, 3.63) is 69.7 Å². The number of fused-ring (bicyclic) bond motifs is 1. The number of nitrogens with one attached hydrogen (secondary N) is 2. The van der Waals surface area contributed by atoms with Crippen LogP contribution in [0, 0.1) is 6.92 Å². The highest BCUT2D eigenvalue weighted by atomic mass is 35.5. The number of nitrogens with zero attached hydrogens (tertiary/aromatic N) is 4. The first kappa shape index (κ1) is 26.7. The SMILES string of the molecule is CCN(CC)c1ccc(-n2nc3cc(C)c(NC(=S)NC(=O)c4cc(Cl)cc(Cl)c4OC)cc3n2)cc1. The summed E-state index contributed by atoms with van der Waals surface area (Å²) in [6.45, 7) is 8.07. The molecule has 0 aliphatic heterocycles. The Morgan fingerprint density at radius 2 is 1.70 bits per heavy atom. The third-order valence-electron chi connectivity index (χ3n) is 5.87. The van der Waals surface area contributed by atoms with Gasteiger partial charge in [-0.1, -0.05) is 23.2 Å². The molecule has 3 aromatic carbocycles. The number of amides is 1. The molecule has 1 heterocycles. The van der Waals surface area contributed by atoms with Gasteiger partial charge in [0.15, 0.2) is 5.11 Å². The molecule has 192 valence electrons. The largest absolute Gasteiger partial charge is 0.494 e. The van der Waals surface area contributed by atoms with Gasteiger partial charge in [-0.25, -0.2) is 0 Å². The van der Waals surface area contributed by atoms with Gasteiger partial charge in [0.25, 0.3) is 5.91 Å². The Morgan fingerprint density at radius 1 is 1.05 bits per heavy atom. The number of methoxy groups -OCH3 is 1. The Hall–Kier alpha value is -3.40. The maximum Gasteiger partial charge on any atom is 0.261 e. The van der Waals surface area contributed by atoms with Gasteiger partial charge in [-0.05, 0) is 87.1 Å². The topological polar surface area (TPSA) is 84.3 Å². The van der Waals surface area contributed by atoms with E-state index in [1.807, 2.05) is 31.2 Å². The van der Waals surface area contributed by atoms with Gasteiger partial charge in [0.1, 0.15) is 16.8 Å². The lowest BCUT2D eigenvalue weighted by molar-refractivity contribution is 0.0974. The Morgan fingerprint density at radius 3 is 2.32 bits per heavy atom. The lowest BCUT2D eigenvalue weighted by atomic mass is 10.1. The van der Waals surface area contributed by atoms with Crippen LogP contribution in [0.5, 0.6) is 5.75 Å². The smallest absolute Gasteiger partial charge is 0.261 e. The van der Waals surface area contributed by atoms with Crippen LogP contribution in [0.15, 0.2) is 48.5 Å². The van der Waals surface area contributed by atoms with Crippen LogP contribution in [0.1, 0.15) is 29.8 Å². The Labute approximate surface area is 230 Å². The lowest BCUT2D eigenvalue weighted by Crippen LogP contribution is -2.34. The molecule has 0 radical (unpaired) electrons. The number of rotatable bonds is 7. The highest BCUT2D eigenvalue weighted by Crippen LogP contribution is 2.32. The minimum absolute atomic E-state index is 0.102. The average molecular weight is 558 g/mol. The zero-order chi connectivity index (χ0) is 26.7. The van der Waals surface area contributed by atoms with Crippen LogP contribution in [0.3, 0.4) is 0 Å². The number of anilines is 2. The molecule has 4 rings (SSSR count). The molecule has 37 heavy (non-hydrogen) atoms. The van der Waals surface area contributed by atoms with Gasteiger partial charge in [0.05, 0.1) is 23.4 Å². The van der Waals surface area contributed by atoms with Crippen molar-refractivity contribution in [3.8, 4) is 11.4 Å². The maximum absolute atomic E-state index is 12.8. The van der Waals surface area contributed by atoms with E-state index in [0.29, 0.717) is 16.2 Å². The molecule has 11 heteroatoms. The molecule has 0 spiro atoms. The molecule has 1 aromatic heterocycles. The molecule has 1 amide bonds. The highest BCUT2D eigenvalue weighted by molar-refractivity contribution is 7.80. The van der Waals surface area contributed by atoms with E-state index in [1.165, 1.54) is 19.2 Å². The van der Waals surface area contributed by atoms with Gasteiger partial charge >= 0.3 is 0 Å². The predicted molar refractivity (Wildman–Crippen MR) is 154 cm³/mol. The van der Waals surface area contributed by atoms with Crippen molar-refractivity contribution in [2.45, 2.75) is 20.8 Å². The fourth-order valence-electron chi connectivity index (χ4n) is 3.96. The molecule has 0 unspecified atom stereocenters. The van der Waals surface area contributed by atoms with Crippen LogP contribution in [0.4, 0.5) is 11.4 Å². The van der Waals surface area contributed by atoms with E-state index >= 15 is 0 Å². The van der Waals surface area contributed by atoms with Crippen LogP contribution in [0.2, 0.25) is 10.0 Å². The summed E-state index contributed by atoms with van der Waals surface area (Å²) in [4.78, 5) is 16.7. The summed E-state index contributed by atoms with van der Waals surface area (Å²) in [6.07, 6.45) is 0. The van der Waals surface area contributed by atoms with E-state index in [2.05, 4.69) is 51.7 Å². The van der Waals surface area contributed by atoms with E-state index < -0.39 is 5.91 Å². The van der Waals surface area contributed by atoms with E-state index in [1.54, 1.807) is 4.80 Å². The van der Waals surface area contributed by atoms with Crippen LogP contribution >= 0.6 is 35.4 Å². The average Bonchev–Trinajstić information content (AvgIpc) is 3.27. The molecule has 0 bridgehead atoms. The van der Waals surface area contributed by atoms with Gasteiger partial charge in [0.2, 0.25) is 0 Å². The summed E-state index contributed by atoms with van der Waals surface area (Å²) in [5.74, 6) is -0.290. The van der Waals surface area contributed by atoms with Crippen LogP contribution in [-0.4, -0.2) is 46.2 Å². The monoisotopic (exact) mass is 556 g/mol. The summed E-state index contributed by atoms with van der Waals surface area (Å²) < 4.78 is 5.25. The fourth-order valence-corrected chi connectivity index (χ4v) is 4.74. The zero-order valence-electron chi connectivity index (χ0n) is 20.8. The molecule has 4 aromatic rings. The third-order valence-corrected chi connectivity index (χ3v) is 6.57. The second kappa shape index (κ2) is 11.3. The number of thiocarbonyl (C=S) groups is 1. The number of carbonyl (C=O) groups is 1. The predicted octanol–water partition coefficient (Wildman–Crippen LogP) is 6.02. The van der Waals surface area contributed by atoms with Crippen molar-refractivity contribution in [2.75, 3.05) is 30.4 Å². The van der Waals surface area contributed by atoms with Crippen molar-refractivity contribution in [2.24, 2.45) is 0 Å². The number of hydrogen-bond acceptors (Lipinski definition) is 6. The minimum atomic E-state index is -0.503. The molecule has 0 atom stereocenters. The van der Waals surface area contributed by atoms with Gasteiger partial charge in [0, 0.05) is 29.5 Å². The first-order valence-electron chi connectivity index (χ1n) is 11.6. The first-order valence-corrected chi connectivity index (χ1v) is 12.8. The highest BCUT2D eigenvalue weighted by Gasteiger charge is 2.18. The molecular formula is C26H26Cl2N6O2S. The summed E-state index contributed by atoms with van der Waals surface area (Å²) >= 11 is 17.6.